The quantitative estimate of drug-likeness (QED) is 0.841. The monoisotopic (exact) mass is 280 g/mol. The van der Waals surface area contributed by atoms with Crippen molar-refractivity contribution in [3.63, 3.8) is 0 Å². The molecule has 0 bridgehead atoms. The van der Waals surface area contributed by atoms with Gasteiger partial charge in [-0.1, -0.05) is 44.0 Å². The van der Waals surface area contributed by atoms with E-state index in [1.54, 1.807) is 6.92 Å². The predicted octanol–water partition coefficient (Wildman–Crippen LogP) is 3.91. The van der Waals surface area contributed by atoms with E-state index in [4.69, 9.17) is 23.2 Å². The molecule has 0 saturated carbocycles. The molecular weight excluding hydrogens is 267 g/mol. The maximum atomic E-state index is 11.7. The summed E-state index contributed by atoms with van der Waals surface area (Å²) in [6, 6.07) is 2.95. The van der Waals surface area contributed by atoms with Crippen LogP contribution in [-0.2, 0) is 9.84 Å². The third-order valence-electron chi connectivity index (χ3n) is 2.37. The van der Waals surface area contributed by atoms with Gasteiger partial charge in [-0.2, -0.15) is 0 Å². The van der Waals surface area contributed by atoms with Crippen molar-refractivity contribution in [3.05, 3.63) is 27.7 Å². The Hall–Kier alpha value is -0.250. The van der Waals surface area contributed by atoms with Crippen molar-refractivity contribution in [2.75, 3.05) is 5.75 Å². The lowest BCUT2D eigenvalue weighted by molar-refractivity contribution is 0.597. The molecule has 0 heterocycles. The third kappa shape index (κ3) is 2.70. The summed E-state index contributed by atoms with van der Waals surface area (Å²) in [7, 11) is -3.25. The van der Waals surface area contributed by atoms with Crippen molar-refractivity contribution < 1.29 is 8.42 Å². The summed E-state index contributed by atoms with van der Waals surface area (Å²) in [4.78, 5) is 0.189. The largest absolute Gasteiger partial charge is 0.224 e. The summed E-state index contributed by atoms with van der Waals surface area (Å²) in [6.07, 6.45) is 0. The molecule has 0 spiro atoms. The zero-order valence-corrected chi connectivity index (χ0v) is 11.7. The first-order valence-corrected chi connectivity index (χ1v) is 7.42. The Morgan fingerprint density at radius 3 is 1.94 bits per heavy atom. The molecule has 0 fully saturated rings. The van der Waals surface area contributed by atoms with E-state index < -0.39 is 9.84 Å². The van der Waals surface area contributed by atoms with Gasteiger partial charge in [0, 0.05) is 10.0 Å². The molecule has 0 aliphatic rings. The maximum Gasteiger partial charge on any atom is 0.178 e. The van der Waals surface area contributed by atoms with Crippen molar-refractivity contribution in [2.24, 2.45) is 0 Å². The molecule has 16 heavy (non-hydrogen) atoms. The van der Waals surface area contributed by atoms with Crippen LogP contribution in [0.4, 0.5) is 0 Å². The molecule has 0 N–H and O–H groups in total. The van der Waals surface area contributed by atoms with E-state index in [0.717, 1.165) is 5.56 Å². The SMILES string of the molecule is CCS(=O)(=O)c1cc(Cl)c(C(C)C)c(Cl)c1. The summed E-state index contributed by atoms with van der Waals surface area (Å²) >= 11 is 12.1. The van der Waals surface area contributed by atoms with Crippen LogP contribution in [0, 0.1) is 0 Å². The third-order valence-corrected chi connectivity index (χ3v) is 4.71. The minimum atomic E-state index is -3.25. The van der Waals surface area contributed by atoms with Gasteiger partial charge in [0.05, 0.1) is 10.6 Å². The Morgan fingerprint density at radius 1 is 1.19 bits per heavy atom. The second-order valence-corrected chi connectivity index (χ2v) is 6.95. The van der Waals surface area contributed by atoms with Gasteiger partial charge in [0.15, 0.2) is 9.84 Å². The number of sulfone groups is 1. The lowest BCUT2D eigenvalue weighted by Crippen LogP contribution is -2.05. The highest BCUT2D eigenvalue weighted by atomic mass is 35.5. The second-order valence-electron chi connectivity index (χ2n) is 3.86. The maximum absolute atomic E-state index is 11.7. The molecule has 90 valence electrons. The van der Waals surface area contributed by atoms with E-state index >= 15 is 0 Å². The van der Waals surface area contributed by atoms with E-state index in [0.29, 0.717) is 10.0 Å². The molecule has 0 radical (unpaired) electrons. The Labute approximate surface area is 106 Å². The van der Waals surface area contributed by atoms with Gasteiger partial charge in [0.2, 0.25) is 0 Å². The second kappa shape index (κ2) is 4.94. The van der Waals surface area contributed by atoms with E-state index in [-0.39, 0.29) is 16.6 Å². The first-order chi connectivity index (χ1) is 7.29. The molecule has 0 amide bonds. The Kier molecular flexibility index (Phi) is 4.27. The molecule has 1 rings (SSSR count). The highest BCUT2D eigenvalue weighted by molar-refractivity contribution is 7.91. The van der Waals surface area contributed by atoms with Crippen molar-refractivity contribution in [1.29, 1.82) is 0 Å². The molecule has 0 aromatic heterocycles. The van der Waals surface area contributed by atoms with Gasteiger partial charge in [0.1, 0.15) is 0 Å². The zero-order chi connectivity index (χ0) is 12.5. The van der Waals surface area contributed by atoms with Gasteiger partial charge in [0.25, 0.3) is 0 Å². The van der Waals surface area contributed by atoms with Crippen LogP contribution in [0.2, 0.25) is 10.0 Å². The summed E-state index contributed by atoms with van der Waals surface area (Å²) in [5.74, 6) is 0.208. The van der Waals surface area contributed by atoms with Crippen LogP contribution in [0.5, 0.6) is 0 Å². The molecule has 0 aliphatic carbocycles. The highest BCUT2D eigenvalue weighted by Gasteiger charge is 2.17. The fraction of sp³-hybridized carbons (Fsp3) is 0.455. The van der Waals surface area contributed by atoms with Crippen molar-refractivity contribution in [1.82, 2.24) is 0 Å². The molecule has 5 heteroatoms. The summed E-state index contributed by atoms with van der Waals surface area (Å²) in [5.41, 5.74) is 0.790. The van der Waals surface area contributed by atoms with Gasteiger partial charge in [-0.3, -0.25) is 0 Å². The Bertz CT molecular complexity index is 470. The molecular formula is C11H14Cl2O2S. The van der Waals surface area contributed by atoms with Gasteiger partial charge in [-0.05, 0) is 23.6 Å². The zero-order valence-electron chi connectivity index (χ0n) is 9.42. The van der Waals surface area contributed by atoms with Gasteiger partial charge < -0.3 is 0 Å². The lowest BCUT2D eigenvalue weighted by atomic mass is 10.0. The molecule has 0 aliphatic heterocycles. The first-order valence-electron chi connectivity index (χ1n) is 5.01. The molecule has 0 unspecified atom stereocenters. The van der Waals surface area contributed by atoms with Crippen LogP contribution in [0.15, 0.2) is 17.0 Å². The minimum absolute atomic E-state index is 0.0423. The molecule has 2 nitrogen and oxygen atoms in total. The van der Waals surface area contributed by atoms with Crippen LogP contribution < -0.4 is 0 Å². The normalized spacial score (nSPS) is 12.1. The van der Waals surface area contributed by atoms with Crippen LogP contribution >= 0.6 is 23.2 Å². The highest BCUT2D eigenvalue weighted by Crippen LogP contribution is 2.34. The molecule has 0 saturated heterocycles. The van der Waals surface area contributed by atoms with E-state index in [9.17, 15) is 8.42 Å². The molecule has 0 atom stereocenters. The Morgan fingerprint density at radius 2 is 1.62 bits per heavy atom. The fourth-order valence-corrected chi connectivity index (χ4v) is 3.44. The average molecular weight is 281 g/mol. The smallest absolute Gasteiger partial charge is 0.178 e. The average Bonchev–Trinajstić information content (AvgIpc) is 2.15. The topological polar surface area (TPSA) is 34.1 Å². The molecule has 1 aromatic rings. The van der Waals surface area contributed by atoms with Gasteiger partial charge >= 0.3 is 0 Å². The van der Waals surface area contributed by atoms with Crippen LogP contribution in [0.3, 0.4) is 0 Å². The number of benzene rings is 1. The lowest BCUT2D eigenvalue weighted by Gasteiger charge is -2.12. The number of rotatable bonds is 3. The summed E-state index contributed by atoms with van der Waals surface area (Å²) < 4.78 is 23.3. The number of halogens is 2. The number of hydrogen-bond acceptors (Lipinski definition) is 2. The van der Waals surface area contributed by atoms with Gasteiger partial charge in [-0.25, -0.2) is 8.42 Å². The van der Waals surface area contributed by atoms with Crippen LogP contribution in [0.1, 0.15) is 32.3 Å². The van der Waals surface area contributed by atoms with Crippen molar-refractivity contribution >= 4 is 33.0 Å². The van der Waals surface area contributed by atoms with E-state index in [2.05, 4.69) is 0 Å². The van der Waals surface area contributed by atoms with Crippen LogP contribution in [0.25, 0.3) is 0 Å². The number of hydrogen-bond donors (Lipinski definition) is 0. The standard InChI is InChI=1S/C11H14Cl2O2S/c1-4-16(14,15)8-5-9(12)11(7(2)3)10(13)6-8/h5-7H,4H2,1-3H3. The predicted molar refractivity (Wildman–Crippen MR) is 68.3 cm³/mol. The van der Waals surface area contributed by atoms with Gasteiger partial charge in [-0.15, -0.1) is 0 Å². The summed E-state index contributed by atoms with van der Waals surface area (Å²) in [6.45, 7) is 5.51. The molecule has 1 aromatic carbocycles. The Balaban J connectivity index is 3.42. The van der Waals surface area contributed by atoms with E-state index in [1.807, 2.05) is 13.8 Å². The van der Waals surface area contributed by atoms with Crippen molar-refractivity contribution in [2.45, 2.75) is 31.6 Å². The fourth-order valence-electron chi connectivity index (χ4n) is 1.46. The van der Waals surface area contributed by atoms with Crippen LogP contribution in [-0.4, -0.2) is 14.2 Å². The minimum Gasteiger partial charge on any atom is -0.224 e. The van der Waals surface area contributed by atoms with Crippen molar-refractivity contribution in [3.8, 4) is 0 Å². The first kappa shape index (κ1) is 13.8. The summed E-state index contributed by atoms with van der Waals surface area (Å²) in [5, 5.41) is 0.823. The van der Waals surface area contributed by atoms with E-state index in [1.165, 1.54) is 12.1 Å².